The Kier molecular flexibility index (Phi) is 3.45. The molecule has 8 heteroatoms. The molecule has 5 nitrogen and oxygen atoms in total. The smallest absolute Gasteiger partial charge is 0.438 e. The lowest BCUT2D eigenvalue weighted by atomic mass is 10.0. The molecule has 0 saturated carbocycles. The van der Waals surface area contributed by atoms with Crippen LogP contribution >= 0.6 is 0 Å². The Balaban J connectivity index is 2.49. The number of phenols is 1. The van der Waals surface area contributed by atoms with E-state index in [1.165, 1.54) is 32.0 Å². The molecule has 0 fully saturated rings. The van der Waals surface area contributed by atoms with Gasteiger partial charge in [-0.2, -0.15) is 23.3 Å². The fourth-order valence-corrected chi connectivity index (χ4v) is 2.10. The van der Waals surface area contributed by atoms with E-state index in [0.29, 0.717) is 5.56 Å². The Morgan fingerprint density at radius 2 is 2.00 bits per heavy atom. The maximum atomic E-state index is 13.0. The molecule has 1 aromatic rings. The third-order valence-corrected chi connectivity index (χ3v) is 3.24. The van der Waals surface area contributed by atoms with Crippen LogP contribution in [0.3, 0.4) is 0 Å². The number of hydrogen-bond donors (Lipinski definition) is 2. The van der Waals surface area contributed by atoms with Crippen LogP contribution in [0.15, 0.2) is 23.3 Å². The molecule has 114 valence electrons. The van der Waals surface area contributed by atoms with Crippen molar-refractivity contribution >= 4 is 11.6 Å². The van der Waals surface area contributed by atoms with Gasteiger partial charge in [0.05, 0.1) is 5.56 Å². The highest BCUT2D eigenvalue weighted by molar-refractivity contribution is 6.00. The average molecular weight is 302 g/mol. The van der Waals surface area contributed by atoms with Crippen LogP contribution in [-0.4, -0.2) is 38.7 Å². The number of hydrogen-bond acceptors (Lipinski definition) is 4. The first kappa shape index (κ1) is 15.3. The van der Waals surface area contributed by atoms with Gasteiger partial charge in [0.25, 0.3) is 11.6 Å². The van der Waals surface area contributed by atoms with Gasteiger partial charge in [-0.15, -0.1) is 0 Å². The highest BCUT2D eigenvalue weighted by atomic mass is 19.4. The number of aromatic hydroxyl groups is 1. The van der Waals surface area contributed by atoms with Crippen LogP contribution in [0.5, 0.6) is 5.75 Å². The molecule has 1 atom stereocenters. The highest BCUT2D eigenvalue weighted by Crippen LogP contribution is 2.41. The number of phenolic OH excluding ortho intramolecular Hbond substituents is 1. The first-order valence-corrected chi connectivity index (χ1v) is 6.04. The summed E-state index contributed by atoms with van der Waals surface area (Å²) in [5.74, 6) is -1.65. The number of alkyl halides is 3. The van der Waals surface area contributed by atoms with Gasteiger partial charge in [0.15, 0.2) is 0 Å². The summed E-state index contributed by atoms with van der Waals surface area (Å²) in [6, 6.07) is 4.09. The number of para-hydroxylation sites is 1. The second-order valence-electron chi connectivity index (χ2n) is 4.91. The molecule has 0 radical (unpaired) electrons. The quantitative estimate of drug-likeness (QED) is 0.835. The number of hydrazone groups is 1. The SMILES string of the molecule is CC1=NN(C(=O)c2cccc(C)c2O)C(O)(C(F)(F)F)C1. The molecule has 0 saturated heterocycles. The molecule has 2 rings (SSSR count). The van der Waals surface area contributed by atoms with E-state index in [1.807, 2.05) is 0 Å². The molecule has 1 unspecified atom stereocenters. The van der Waals surface area contributed by atoms with Crippen molar-refractivity contribution in [3.8, 4) is 5.75 Å². The largest absolute Gasteiger partial charge is 0.507 e. The van der Waals surface area contributed by atoms with Gasteiger partial charge in [-0.3, -0.25) is 4.79 Å². The average Bonchev–Trinajstić information content (AvgIpc) is 2.68. The van der Waals surface area contributed by atoms with Gasteiger partial charge in [0, 0.05) is 12.1 Å². The Morgan fingerprint density at radius 1 is 1.38 bits per heavy atom. The Labute approximate surface area is 118 Å². The monoisotopic (exact) mass is 302 g/mol. The van der Waals surface area contributed by atoms with Crippen LogP contribution in [0, 0.1) is 6.92 Å². The number of halogens is 3. The molecule has 1 aliphatic rings. The zero-order valence-corrected chi connectivity index (χ0v) is 11.3. The van der Waals surface area contributed by atoms with Crippen LogP contribution in [0.25, 0.3) is 0 Å². The van der Waals surface area contributed by atoms with Gasteiger partial charge in [-0.1, -0.05) is 12.1 Å². The number of carbonyl (C=O) groups excluding carboxylic acids is 1. The normalized spacial score (nSPS) is 22.4. The highest BCUT2D eigenvalue weighted by Gasteiger charge is 2.62. The standard InChI is InChI=1S/C13H13F3N2O3/c1-7-4-3-5-9(10(7)19)11(20)18-12(21,13(14,15)16)6-8(2)17-18/h3-5,19,21H,6H2,1-2H3. The third kappa shape index (κ3) is 2.35. The van der Waals surface area contributed by atoms with Gasteiger partial charge in [0.2, 0.25) is 0 Å². The van der Waals surface area contributed by atoms with Gasteiger partial charge >= 0.3 is 6.18 Å². The lowest BCUT2D eigenvalue weighted by Gasteiger charge is -2.32. The summed E-state index contributed by atoms with van der Waals surface area (Å²) >= 11 is 0. The summed E-state index contributed by atoms with van der Waals surface area (Å²) in [5, 5.41) is 23.1. The number of nitrogens with zero attached hydrogens (tertiary/aromatic N) is 2. The van der Waals surface area contributed by atoms with E-state index < -0.39 is 30.0 Å². The lowest BCUT2D eigenvalue weighted by molar-refractivity contribution is -0.297. The van der Waals surface area contributed by atoms with E-state index in [4.69, 9.17) is 0 Å². The maximum Gasteiger partial charge on any atom is 0.438 e. The summed E-state index contributed by atoms with van der Waals surface area (Å²) in [7, 11) is 0. The van der Waals surface area contributed by atoms with Gasteiger partial charge in [0.1, 0.15) is 5.75 Å². The number of aryl methyl sites for hydroxylation is 1. The second kappa shape index (κ2) is 4.73. The topological polar surface area (TPSA) is 73.1 Å². The van der Waals surface area contributed by atoms with Crippen molar-refractivity contribution in [2.45, 2.75) is 32.2 Å². The first-order valence-electron chi connectivity index (χ1n) is 6.04. The molecule has 1 amide bonds. The molecular formula is C13H13F3N2O3. The van der Waals surface area contributed by atoms with E-state index >= 15 is 0 Å². The molecule has 0 aromatic heterocycles. The number of rotatable bonds is 1. The molecule has 1 aromatic carbocycles. The predicted octanol–water partition coefficient (Wildman–Crippen LogP) is 2.17. The van der Waals surface area contributed by atoms with Crippen molar-refractivity contribution in [2.24, 2.45) is 5.10 Å². The van der Waals surface area contributed by atoms with E-state index in [9.17, 15) is 28.2 Å². The Morgan fingerprint density at radius 3 is 2.57 bits per heavy atom. The molecule has 0 bridgehead atoms. The fraction of sp³-hybridized carbons (Fsp3) is 0.385. The molecule has 0 spiro atoms. The van der Waals surface area contributed by atoms with E-state index in [2.05, 4.69) is 5.10 Å². The number of aliphatic hydroxyl groups is 1. The van der Waals surface area contributed by atoms with Crippen LogP contribution in [0.4, 0.5) is 13.2 Å². The zero-order chi connectivity index (χ0) is 16.0. The van der Waals surface area contributed by atoms with E-state index in [0.717, 1.165) is 0 Å². The van der Waals surface area contributed by atoms with Gasteiger partial charge in [-0.25, -0.2) is 0 Å². The van der Waals surface area contributed by atoms with Crippen molar-refractivity contribution in [3.05, 3.63) is 29.3 Å². The van der Waals surface area contributed by atoms with Crippen LogP contribution in [0.2, 0.25) is 0 Å². The summed E-state index contributed by atoms with van der Waals surface area (Å²) in [6.45, 7) is 2.78. The van der Waals surface area contributed by atoms with Crippen LogP contribution in [-0.2, 0) is 0 Å². The Bertz CT molecular complexity index is 628. The Hall–Kier alpha value is -2.09. The van der Waals surface area contributed by atoms with Crippen molar-refractivity contribution in [1.82, 2.24) is 5.01 Å². The minimum Gasteiger partial charge on any atom is -0.507 e. The summed E-state index contributed by atoms with van der Waals surface area (Å²) in [6.07, 6.45) is -5.89. The maximum absolute atomic E-state index is 13.0. The molecule has 2 N–H and O–H groups in total. The van der Waals surface area contributed by atoms with E-state index in [1.54, 1.807) is 0 Å². The molecule has 1 aliphatic heterocycles. The number of carbonyl (C=O) groups is 1. The minimum absolute atomic E-state index is 0.0170. The first-order chi connectivity index (χ1) is 9.58. The van der Waals surface area contributed by atoms with Crippen molar-refractivity contribution in [2.75, 3.05) is 0 Å². The summed E-state index contributed by atoms with van der Waals surface area (Å²) in [4.78, 5) is 12.2. The number of amides is 1. The summed E-state index contributed by atoms with van der Waals surface area (Å²) in [5.41, 5.74) is -3.45. The third-order valence-electron chi connectivity index (χ3n) is 3.24. The lowest BCUT2D eigenvalue weighted by Crippen LogP contribution is -2.56. The van der Waals surface area contributed by atoms with Crippen molar-refractivity contribution in [1.29, 1.82) is 0 Å². The fourth-order valence-electron chi connectivity index (χ4n) is 2.10. The summed E-state index contributed by atoms with van der Waals surface area (Å²) < 4.78 is 39.1. The minimum atomic E-state index is -5.07. The second-order valence-corrected chi connectivity index (χ2v) is 4.91. The predicted molar refractivity (Wildman–Crippen MR) is 67.7 cm³/mol. The molecular weight excluding hydrogens is 289 g/mol. The molecule has 1 heterocycles. The van der Waals surface area contributed by atoms with Crippen molar-refractivity contribution in [3.63, 3.8) is 0 Å². The molecule has 0 aliphatic carbocycles. The van der Waals surface area contributed by atoms with Crippen LogP contribution in [0.1, 0.15) is 29.3 Å². The zero-order valence-electron chi connectivity index (χ0n) is 11.3. The molecule has 21 heavy (non-hydrogen) atoms. The van der Waals surface area contributed by atoms with Crippen LogP contribution < -0.4 is 0 Å². The van der Waals surface area contributed by atoms with Gasteiger partial charge < -0.3 is 10.2 Å². The van der Waals surface area contributed by atoms with Gasteiger partial charge in [-0.05, 0) is 25.5 Å². The van der Waals surface area contributed by atoms with E-state index in [-0.39, 0.29) is 16.3 Å². The number of benzene rings is 1. The van der Waals surface area contributed by atoms with Crippen molar-refractivity contribution < 1.29 is 28.2 Å².